The average molecular weight is 326 g/mol. The molecule has 0 spiro atoms. The third kappa shape index (κ3) is 5.68. The van der Waals surface area contributed by atoms with E-state index < -0.39 is 16.4 Å². The molecule has 9 nitrogen and oxygen atoms in total. The predicted molar refractivity (Wildman–Crippen MR) is 81.9 cm³/mol. The van der Waals surface area contributed by atoms with Crippen LogP contribution >= 0.6 is 0 Å². The molecule has 1 heterocycles. The highest BCUT2D eigenvalue weighted by Gasteiger charge is 2.31. The summed E-state index contributed by atoms with van der Waals surface area (Å²) in [7, 11) is 0. The SMILES string of the molecule is CC(C)(C(=O)NCCCCCCC(=O)O)n1cc([N+](=O)[O-])cn1. The fourth-order valence-corrected chi connectivity index (χ4v) is 1.99. The summed E-state index contributed by atoms with van der Waals surface area (Å²) in [5, 5.41) is 25.8. The largest absolute Gasteiger partial charge is 0.481 e. The van der Waals surface area contributed by atoms with E-state index in [1.54, 1.807) is 13.8 Å². The standard InChI is InChI=1S/C14H22N4O5/c1-14(2,17-10-11(9-16-17)18(22)23)13(21)15-8-6-4-3-5-7-12(19)20/h9-10H,3-8H2,1-2H3,(H,15,21)(H,19,20). The van der Waals surface area contributed by atoms with Gasteiger partial charge in [0.15, 0.2) is 0 Å². The van der Waals surface area contributed by atoms with Crippen molar-refractivity contribution in [2.75, 3.05) is 6.54 Å². The van der Waals surface area contributed by atoms with Gasteiger partial charge in [0.25, 0.3) is 0 Å². The minimum absolute atomic E-state index is 0.163. The molecule has 0 aliphatic rings. The van der Waals surface area contributed by atoms with Gasteiger partial charge in [-0.05, 0) is 26.7 Å². The molecular formula is C14H22N4O5. The Morgan fingerprint density at radius 1 is 1.35 bits per heavy atom. The van der Waals surface area contributed by atoms with Crippen LogP contribution in [-0.2, 0) is 15.1 Å². The molecule has 0 aromatic carbocycles. The number of hydrogen-bond donors (Lipinski definition) is 2. The molecule has 1 amide bonds. The number of carbonyl (C=O) groups is 2. The second-order valence-corrected chi connectivity index (χ2v) is 5.77. The maximum absolute atomic E-state index is 12.2. The van der Waals surface area contributed by atoms with Gasteiger partial charge in [0.05, 0.1) is 4.92 Å². The zero-order valence-electron chi connectivity index (χ0n) is 13.3. The molecule has 1 aromatic rings. The van der Waals surface area contributed by atoms with Crippen LogP contribution in [0, 0.1) is 10.1 Å². The fraction of sp³-hybridized carbons (Fsp3) is 0.643. The highest BCUT2D eigenvalue weighted by molar-refractivity contribution is 5.83. The summed E-state index contributed by atoms with van der Waals surface area (Å²) >= 11 is 0. The molecule has 0 bridgehead atoms. The number of carboxylic acids is 1. The van der Waals surface area contributed by atoms with Crippen LogP contribution in [0.2, 0.25) is 0 Å². The molecule has 0 aliphatic heterocycles. The first-order valence-corrected chi connectivity index (χ1v) is 7.45. The Bertz CT molecular complexity index is 567. The van der Waals surface area contributed by atoms with Gasteiger partial charge in [-0.1, -0.05) is 12.8 Å². The maximum atomic E-state index is 12.2. The number of aliphatic carboxylic acids is 1. The zero-order chi connectivity index (χ0) is 17.5. The van der Waals surface area contributed by atoms with Gasteiger partial charge in [-0.2, -0.15) is 5.10 Å². The van der Waals surface area contributed by atoms with Crippen LogP contribution in [0.15, 0.2) is 12.4 Å². The number of amides is 1. The molecule has 0 unspecified atom stereocenters. The third-order valence-corrected chi connectivity index (χ3v) is 3.51. The molecule has 23 heavy (non-hydrogen) atoms. The van der Waals surface area contributed by atoms with Crippen LogP contribution < -0.4 is 5.32 Å². The van der Waals surface area contributed by atoms with Crippen molar-refractivity contribution in [2.24, 2.45) is 0 Å². The number of rotatable bonds is 10. The van der Waals surface area contributed by atoms with Crippen molar-refractivity contribution in [3.05, 3.63) is 22.5 Å². The van der Waals surface area contributed by atoms with Gasteiger partial charge in [-0.15, -0.1) is 0 Å². The van der Waals surface area contributed by atoms with Crippen LogP contribution in [0.5, 0.6) is 0 Å². The molecule has 0 atom stereocenters. The third-order valence-electron chi connectivity index (χ3n) is 3.51. The highest BCUT2D eigenvalue weighted by atomic mass is 16.6. The Morgan fingerprint density at radius 3 is 2.57 bits per heavy atom. The first-order valence-electron chi connectivity index (χ1n) is 7.45. The van der Waals surface area contributed by atoms with E-state index >= 15 is 0 Å². The molecule has 1 rings (SSSR count). The van der Waals surface area contributed by atoms with E-state index in [2.05, 4.69) is 10.4 Å². The van der Waals surface area contributed by atoms with Crippen molar-refractivity contribution in [2.45, 2.75) is 51.5 Å². The van der Waals surface area contributed by atoms with E-state index in [9.17, 15) is 19.7 Å². The number of nitrogens with zero attached hydrogens (tertiary/aromatic N) is 3. The number of nitrogens with one attached hydrogen (secondary N) is 1. The molecule has 2 N–H and O–H groups in total. The van der Waals surface area contributed by atoms with Crippen LogP contribution in [0.25, 0.3) is 0 Å². The molecule has 0 radical (unpaired) electrons. The summed E-state index contributed by atoms with van der Waals surface area (Å²) < 4.78 is 1.27. The summed E-state index contributed by atoms with van der Waals surface area (Å²) in [6.45, 7) is 3.73. The van der Waals surface area contributed by atoms with E-state index in [0.29, 0.717) is 13.0 Å². The molecule has 9 heteroatoms. The predicted octanol–water partition coefficient (Wildman–Crippen LogP) is 1.68. The second-order valence-electron chi connectivity index (χ2n) is 5.77. The molecule has 0 aliphatic carbocycles. The summed E-state index contributed by atoms with van der Waals surface area (Å²) in [6, 6.07) is 0. The number of aromatic nitrogens is 2. The topological polar surface area (TPSA) is 127 Å². The minimum Gasteiger partial charge on any atom is -0.481 e. The number of nitro groups is 1. The smallest absolute Gasteiger partial charge is 0.307 e. The zero-order valence-corrected chi connectivity index (χ0v) is 13.3. The lowest BCUT2D eigenvalue weighted by Gasteiger charge is -2.23. The second kappa shape index (κ2) is 8.25. The number of hydrogen-bond acceptors (Lipinski definition) is 5. The molecular weight excluding hydrogens is 304 g/mol. The Morgan fingerprint density at radius 2 is 2.00 bits per heavy atom. The van der Waals surface area contributed by atoms with Crippen molar-refractivity contribution < 1.29 is 19.6 Å². The van der Waals surface area contributed by atoms with E-state index in [-0.39, 0.29) is 18.0 Å². The van der Waals surface area contributed by atoms with Crippen molar-refractivity contribution in [1.29, 1.82) is 0 Å². The average Bonchev–Trinajstić information content (AvgIpc) is 2.96. The lowest BCUT2D eigenvalue weighted by Crippen LogP contribution is -2.45. The van der Waals surface area contributed by atoms with Crippen LogP contribution in [0.1, 0.15) is 46.0 Å². The van der Waals surface area contributed by atoms with Crippen LogP contribution in [-0.4, -0.2) is 38.2 Å². The van der Waals surface area contributed by atoms with Gasteiger partial charge in [-0.3, -0.25) is 24.4 Å². The highest BCUT2D eigenvalue weighted by Crippen LogP contribution is 2.18. The number of unbranched alkanes of at least 4 members (excludes halogenated alkanes) is 3. The fourth-order valence-electron chi connectivity index (χ4n) is 1.99. The Balaban J connectivity index is 2.37. The molecule has 1 aromatic heterocycles. The molecule has 0 saturated carbocycles. The first kappa shape index (κ1) is 18.6. The van der Waals surface area contributed by atoms with E-state index in [1.165, 1.54) is 10.9 Å². The van der Waals surface area contributed by atoms with E-state index in [1.807, 2.05) is 0 Å². The van der Waals surface area contributed by atoms with Crippen LogP contribution in [0.3, 0.4) is 0 Å². The Labute approximate surface area is 133 Å². The van der Waals surface area contributed by atoms with Crippen molar-refractivity contribution in [1.82, 2.24) is 15.1 Å². The quantitative estimate of drug-likeness (QED) is 0.382. The molecule has 128 valence electrons. The summed E-state index contributed by atoms with van der Waals surface area (Å²) in [5.74, 6) is -1.07. The monoisotopic (exact) mass is 326 g/mol. The summed E-state index contributed by atoms with van der Waals surface area (Å²) in [6.07, 6.45) is 5.52. The minimum atomic E-state index is -1.03. The first-order chi connectivity index (χ1) is 10.7. The Kier molecular flexibility index (Phi) is 6.67. The Hall–Kier alpha value is -2.45. The molecule has 0 saturated heterocycles. The number of carboxylic acid groups (broad SMARTS) is 1. The van der Waals surface area contributed by atoms with Gasteiger partial charge in [0, 0.05) is 13.0 Å². The van der Waals surface area contributed by atoms with Crippen molar-refractivity contribution in [3.63, 3.8) is 0 Å². The van der Waals surface area contributed by atoms with Gasteiger partial charge in [0.2, 0.25) is 5.91 Å². The van der Waals surface area contributed by atoms with Gasteiger partial charge < -0.3 is 10.4 Å². The summed E-state index contributed by atoms with van der Waals surface area (Å²) in [5.41, 5.74) is -1.19. The van der Waals surface area contributed by atoms with Gasteiger partial charge in [-0.25, -0.2) is 0 Å². The van der Waals surface area contributed by atoms with Gasteiger partial charge in [0.1, 0.15) is 17.9 Å². The van der Waals surface area contributed by atoms with E-state index in [4.69, 9.17) is 5.11 Å². The number of carbonyl (C=O) groups excluding carboxylic acids is 1. The van der Waals surface area contributed by atoms with Crippen LogP contribution in [0.4, 0.5) is 5.69 Å². The maximum Gasteiger partial charge on any atom is 0.307 e. The summed E-state index contributed by atoms with van der Waals surface area (Å²) in [4.78, 5) is 32.7. The van der Waals surface area contributed by atoms with Crippen molar-refractivity contribution >= 4 is 17.6 Å². The lowest BCUT2D eigenvalue weighted by molar-refractivity contribution is -0.385. The lowest BCUT2D eigenvalue weighted by atomic mass is 10.0. The normalized spacial score (nSPS) is 11.2. The molecule has 0 fully saturated rings. The van der Waals surface area contributed by atoms with Crippen molar-refractivity contribution in [3.8, 4) is 0 Å². The van der Waals surface area contributed by atoms with E-state index in [0.717, 1.165) is 25.5 Å². The van der Waals surface area contributed by atoms with Gasteiger partial charge >= 0.3 is 11.7 Å².